The van der Waals surface area contributed by atoms with Gasteiger partial charge in [-0.05, 0) is 39.7 Å². The number of allylic oxidation sites excluding steroid dienone is 2. The first-order valence-electron chi connectivity index (χ1n) is 7.67. The van der Waals surface area contributed by atoms with Crippen LogP contribution < -0.4 is 10.7 Å². The van der Waals surface area contributed by atoms with Gasteiger partial charge in [0.25, 0.3) is 0 Å². The predicted octanol–water partition coefficient (Wildman–Crippen LogP) is 3.53. The molecule has 0 unspecified atom stereocenters. The monoisotopic (exact) mass is 323 g/mol. The maximum Gasteiger partial charge on any atom is 0.426 e. The number of rotatable bonds is 6. The number of carbonyl (C=O) groups excluding carboxylic acids is 2. The molecule has 0 heterocycles. The zero-order valence-electron chi connectivity index (χ0n) is 14.8. The molecule has 0 aliphatic carbocycles. The Morgan fingerprint density at radius 3 is 2.35 bits per heavy atom. The van der Waals surface area contributed by atoms with Crippen LogP contribution in [0, 0.1) is 0 Å². The number of nitrogens with one attached hydrogen (secondary N) is 2. The summed E-state index contributed by atoms with van der Waals surface area (Å²) in [6.45, 7) is 16.7. The van der Waals surface area contributed by atoms with Gasteiger partial charge in [0.05, 0.1) is 6.04 Å². The van der Waals surface area contributed by atoms with Crippen LogP contribution in [0.5, 0.6) is 0 Å². The van der Waals surface area contributed by atoms with E-state index < -0.39 is 17.7 Å². The van der Waals surface area contributed by atoms with Gasteiger partial charge in [0.2, 0.25) is 0 Å². The van der Waals surface area contributed by atoms with E-state index >= 15 is 0 Å². The Balaban J connectivity index is 4.85. The lowest BCUT2D eigenvalue weighted by Crippen LogP contribution is -2.53. The van der Waals surface area contributed by atoms with Gasteiger partial charge in [0, 0.05) is 6.54 Å². The van der Waals surface area contributed by atoms with E-state index in [1.54, 1.807) is 39.0 Å². The topological polar surface area (TPSA) is 70.7 Å². The van der Waals surface area contributed by atoms with Gasteiger partial charge >= 0.3 is 12.1 Å². The predicted molar refractivity (Wildman–Crippen MR) is 92.8 cm³/mol. The summed E-state index contributed by atoms with van der Waals surface area (Å²) in [7, 11) is 0. The highest BCUT2D eigenvalue weighted by Gasteiger charge is 2.22. The molecule has 0 saturated carbocycles. The third kappa shape index (κ3) is 8.70. The van der Waals surface area contributed by atoms with Crippen LogP contribution in [0.3, 0.4) is 0 Å². The van der Waals surface area contributed by atoms with Crippen molar-refractivity contribution in [2.75, 3.05) is 6.54 Å². The van der Waals surface area contributed by atoms with E-state index in [1.165, 1.54) is 5.01 Å². The Morgan fingerprint density at radius 2 is 1.91 bits per heavy atom. The molecular formula is C17H29N3O3. The van der Waals surface area contributed by atoms with Gasteiger partial charge in [-0.2, -0.15) is 0 Å². The molecule has 0 aromatic heterocycles. The number of hydrogen-bond acceptors (Lipinski definition) is 3. The molecule has 6 heteroatoms. The van der Waals surface area contributed by atoms with Crippen molar-refractivity contribution in [3.63, 3.8) is 0 Å². The second-order valence-electron chi connectivity index (χ2n) is 6.04. The van der Waals surface area contributed by atoms with Crippen molar-refractivity contribution in [3.8, 4) is 0 Å². The van der Waals surface area contributed by atoms with Crippen LogP contribution in [0.25, 0.3) is 0 Å². The third-order valence-corrected chi connectivity index (χ3v) is 2.70. The van der Waals surface area contributed by atoms with Gasteiger partial charge in [-0.15, -0.1) is 0 Å². The van der Waals surface area contributed by atoms with Gasteiger partial charge in [0.1, 0.15) is 5.60 Å². The lowest BCUT2D eigenvalue weighted by atomic mass is 10.1. The van der Waals surface area contributed by atoms with Crippen LogP contribution in [-0.2, 0) is 4.74 Å². The highest BCUT2D eigenvalue weighted by Crippen LogP contribution is 2.07. The van der Waals surface area contributed by atoms with Gasteiger partial charge in [0.15, 0.2) is 0 Å². The number of hydrogen-bond donors (Lipinski definition) is 2. The first kappa shape index (κ1) is 20.8. The summed E-state index contributed by atoms with van der Waals surface area (Å²) in [6, 6.07) is -0.681. The summed E-state index contributed by atoms with van der Waals surface area (Å²) >= 11 is 0. The summed E-state index contributed by atoms with van der Waals surface area (Å²) in [5.74, 6) is 0. The normalized spacial score (nSPS) is 12.8. The fourth-order valence-corrected chi connectivity index (χ4v) is 1.71. The molecule has 0 aliphatic heterocycles. The molecule has 0 saturated heterocycles. The van der Waals surface area contributed by atoms with Crippen LogP contribution in [0.15, 0.2) is 37.0 Å². The van der Waals surface area contributed by atoms with Crippen molar-refractivity contribution in [2.45, 2.75) is 52.7 Å². The van der Waals surface area contributed by atoms with E-state index in [0.717, 1.165) is 5.57 Å². The first-order valence-corrected chi connectivity index (χ1v) is 7.67. The van der Waals surface area contributed by atoms with E-state index in [-0.39, 0.29) is 6.04 Å². The van der Waals surface area contributed by atoms with Crippen LogP contribution in [-0.4, -0.2) is 35.3 Å². The largest absolute Gasteiger partial charge is 0.443 e. The Kier molecular flexibility index (Phi) is 8.77. The van der Waals surface area contributed by atoms with Crippen molar-refractivity contribution >= 4 is 12.1 Å². The van der Waals surface area contributed by atoms with Gasteiger partial charge in [-0.25, -0.2) is 20.0 Å². The molecule has 0 aromatic rings. The highest BCUT2D eigenvalue weighted by molar-refractivity contribution is 5.78. The molecule has 0 aromatic carbocycles. The Hall–Kier alpha value is -2.24. The SMILES string of the molecule is C=C/C=C(\C=C)[C@H](C)NC(=O)N(CCC)NC(=O)OC(C)(C)C. The minimum Gasteiger partial charge on any atom is -0.443 e. The Bertz CT molecular complexity index is 464. The smallest absolute Gasteiger partial charge is 0.426 e. The lowest BCUT2D eigenvalue weighted by Gasteiger charge is -2.27. The van der Waals surface area contributed by atoms with Crippen LogP contribution in [0.1, 0.15) is 41.0 Å². The molecule has 6 nitrogen and oxygen atoms in total. The van der Waals surface area contributed by atoms with Crippen LogP contribution in [0.2, 0.25) is 0 Å². The average Bonchev–Trinajstić information content (AvgIpc) is 2.41. The van der Waals surface area contributed by atoms with Gasteiger partial charge in [-0.1, -0.05) is 38.3 Å². The molecular weight excluding hydrogens is 294 g/mol. The minimum absolute atomic E-state index is 0.266. The Labute approximate surface area is 139 Å². The van der Waals surface area contributed by atoms with Crippen molar-refractivity contribution < 1.29 is 14.3 Å². The zero-order valence-corrected chi connectivity index (χ0v) is 14.8. The zero-order chi connectivity index (χ0) is 18.0. The Morgan fingerprint density at radius 1 is 1.30 bits per heavy atom. The summed E-state index contributed by atoms with van der Waals surface area (Å²) in [6.07, 6.45) is 5.07. The third-order valence-electron chi connectivity index (χ3n) is 2.70. The number of carbonyl (C=O) groups is 2. The summed E-state index contributed by atoms with van der Waals surface area (Å²) in [5.41, 5.74) is 2.65. The standard InChI is InChI=1S/C17H29N3O3/c1-8-11-14(10-3)13(4)18-15(21)20(12-9-2)19-16(22)23-17(5,6)7/h8,10-11,13H,1,3,9,12H2,2,4-7H3,(H,18,21)(H,19,22)/b14-11+/t13-/m0/s1. The van der Waals surface area contributed by atoms with Crippen LogP contribution in [0.4, 0.5) is 9.59 Å². The lowest BCUT2D eigenvalue weighted by molar-refractivity contribution is 0.0377. The molecule has 23 heavy (non-hydrogen) atoms. The highest BCUT2D eigenvalue weighted by atomic mass is 16.6. The number of urea groups is 1. The molecule has 0 spiro atoms. The fourth-order valence-electron chi connectivity index (χ4n) is 1.71. The quantitative estimate of drug-likeness (QED) is 0.580. The molecule has 130 valence electrons. The average molecular weight is 323 g/mol. The molecule has 0 fully saturated rings. The summed E-state index contributed by atoms with van der Waals surface area (Å²) in [5, 5.41) is 4.01. The maximum absolute atomic E-state index is 12.3. The molecule has 1 atom stereocenters. The van der Waals surface area contributed by atoms with Crippen molar-refractivity contribution in [3.05, 3.63) is 37.0 Å². The van der Waals surface area contributed by atoms with E-state index in [2.05, 4.69) is 23.9 Å². The minimum atomic E-state index is -0.667. The van der Waals surface area contributed by atoms with Crippen molar-refractivity contribution in [1.29, 1.82) is 0 Å². The maximum atomic E-state index is 12.3. The van der Waals surface area contributed by atoms with E-state index in [0.29, 0.717) is 13.0 Å². The van der Waals surface area contributed by atoms with Gasteiger partial charge < -0.3 is 10.1 Å². The number of ether oxygens (including phenoxy) is 1. The molecule has 3 amide bonds. The summed E-state index contributed by atoms with van der Waals surface area (Å²) in [4.78, 5) is 24.2. The molecule has 2 N–H and O–H groups in total. The summed E-state index contributed by atoms with van der Waals surface area (Å²) < 4.78 is 5.16. The fraction of sp³-hybridized carbons (Fsp3) is 0.529. The van der Waals surface area contributed by atoms with Gasteiger partial charge in [-0.3, -0.25) is 0 Å². The van der Waals surface area contributed by atoms with Crippen molar-refractivity contribution in [2.24, 2.45) is 0 Å². The van der Waals surface area contributed by atoms with E-state index in [1.807, 2.05) is 13.8 Å². The number of hydrazine groups is 1. The van der Waals surface area contributed by atoms with E-state index in [4.69, 9.17) is 4.74 Å². The van der Waals surface area contributed by atoms with Crippen LogP contribution >= 0.6 is 0 Å². The molecule has 0 rings (SSSR count). The molecule has 0 bridgehead atoms. The van der Waals surface area contributed by atoms with E-state index in [9.17, 15) is 9.59 Å². The second kappa shape index (κ2) is 9.71. The number of amides is 3. The molecule has 0 radical (unpaired) electrons. The number of nitrogens with zero attached hydrogens (tertiary/aromatic N) is 1. The first-order chi connectivity index (χ1) is 10.6. The van der Waals surface area contributed by atoms with Crippen molar-refractivity contribution in [1.82, 2.24) is 15.8 Å². The molecule has 0 aliphatic rings. The second-order valence-corrected chi connectivity index (χ2v) is 6.04.